The summed E-state index contributed by atoms with van der Waals surface area (Å²) in [5.74, 6) is 0.352. The zero-order chi connectivity index (χ0) is 12.8. The van der Waals surface area contributed by atoms with Gasteiger partial charge in [-0.1, -0.05) is 36.9 Å². The minimum atomic E-state index is -0.250. The molecule has 0 amide bonds. The summed E-state index contributed by atoms with van der Waals surface area (Å²) in [7, 11) is 0. The van der Waals surface area contributed by atoms with Crippen LogP contribution < -0.4 is 5.32 Å². The van der Waals surface area contributed by atoms with E-state index in [1.165, 1.54) is 5.56 Å². The van der Waals surface area contributed by atoms with E-state index in [4.69, 9.17) is 0 Å². The number of rotatable bonds is 5. The summed E-state index contributed by atoms with van der Waals surface area (Å²) < 4.78 is 0. The number of β-amino-alcohol motifs (C(OH)–C–C–N with tert-alkyl or cyclic N) is 1. The van der Waals surface area contributed by atoms with E-state index in [0.717, 1.165) is 26.1 Å². The Hall–Kier alpha value is -1.32. The quantitative estimate of drug-likeness (QED) is 0.828. The molecule has 0 aliphatic carbocycles. The third kappa shape index (κ3) is 3.59. The van der Waals surface area contributed by atoms with Gasteiger partial charge >= 0.3 is 0 Å². The largest absolute Gasteiger partial charge is 0.391 e. The molecule has 2 atom stereocenters. The van der Waals surface area contributed by atoms with Crippen LogP contribution in [0.2, 0.25) is 0 Å². The molecule has 0 radical (unpaired) electrons. The average molecular weight is 246 g/mol. The Balaban J connectivity index is 1.72. The van der Waals surface area contributed by atoms with Gasteiger partial charge in [-0.05, 0) is 18.2 Å². The van der Waals surface area contributed by atoms with Crippen LogP contribution in [0.15, 0.2) is 43.1 Å². The summed E-state index contributed by atoms with van der Waals surface area (Å²) in [6.45, 7) is 7.20. The highest BCUT2D eigenvalue weighted by Gasteiger charge is 2.25. The van der Waals surface area contributed by atoms with Crippen molar-refractivity contribution in [3.63, 3.8) is 0 Å². The molecular formula is C15H22N2O. The van der Waals surface area contributed by atoms with Gasteiger partial charge in [-0.15, -0.1) is 0 Å². The van der Waals surface area contributed by atoms with Gasteiger partial charge in [0.2, 0.25) is 0 Å². The Kier molecular flexibility index (Phi) is 4.79. The summed E-state index contributed by atoms with van der Waals surface area (Å²) in [6, 6.07) is 10.4. The Labute approximate surface area is 109 Å². The van der Waals surface area contributed by atoms with E-state index in [1.54, 1.807) is 0 Å². The maximum Gasteiger partial charge on any atom is 0.0755 e. The fourth-order valence-electron chi connectivity index (χ4n) is 2.41. The maximum atomic E-state index is 10.0. The van der Waals surface area contributed by atoms with E-state index in [-0.39, 0.29) is 6.10 Å². The molecule has 1 aromatic rings. The second-order valence-corrected chi connectivity index (χ2v) is 4.91. The van der Waals surface area contributed by atoms with Crippen molar-refractivity contribution in [2.45, 2.75) is 19.1 Å². The molecule has 1 heterocycles. The lowest BCUT2D eigenvalue weighted by molar-refractivity contribution is 0.0403. The Morgan fingerprint density at radius 2 is 2.17 bits per heavy atom. The number of hydrogen-bond donors (Lipinski definition) is 2. The van der Waals surface area contributed by atoms with Crippen LogP contribution in [0.25, 0.3) is 0 Å². The van der Waals surface area contributed by atoms with E-state index >= 15 is 0 Å². The minimum absolute atomic E-state index is 0.250. The lowest BCUT2D eigenvalue weighted by Gasteiger charge is -2.35. The zero-order valence-corrected chi connectivity index (χ0v) is 10.8. The standard InChI is InChI=1S/C15H22N2O/c1-2-17-9-8-14(15(18)12-17)11-16-10-13-6-4-3-5-7-13/h2-7,14-16,18H,1,8-12H2/t14-,15+/m0/s1. The first-order chi connectivity index (χ1) is 8.79. The predicted octanol–water partition coefficient (Wildman–Crippen LogP) is 1.60. The van der Waals surface area contributed by atoms with Crippen LogP contribution in [-0.4, -0.2) is 35.7 Å². The van der Waals surface area contributed by atoms with Gasteiger partial charge in [0.25, 0.3) is 0 Å². The van der Waals surface area contributed by atoms with Crippen LogP contribution in [0.3, 0.4) is 0 Å². The molecule has 1 aliphatic rings. The fourth-order valence-corrected chi connectivity index (χ4v) is 2.41. The lowest BCUT2D eigenvalue weighted by atomic mass is 9.94. The summed E-state index contributed by atoms with van der Waals surface area (Å²) in [6.07, 6.45) is 2.59. The molecule has 1 saturated heterocycles. The normalized spacial score (nSPS) is 23.9. The molecule has 1 aromatic carbocycles. The minimum Gasteiger partial charge on any atom is -0.391 e. The van der Waals surface area contributed by atoms with Crippen molar-refractivity contribution in [2.75, 3.05) is 19.6 Å². The Bertz CT molecular complexity index is 366. The van der Waals surface area contributed by atoms with Crippen molar-refractivity contribution in [3.8, 4) is 0 Å². The highest BCUT2D eigenvalue weighted by molar-refractivity contribution is 5.14. The molecule has 18 heavy (non-hydrogen) atoms. The first-order valence-electron chi connectivity index (χ1n) is 6.59. The molecule has 0 saturated carbocycles. The molecule has 0 bridgehead atoms. The molecule has 2 rings (SSSR count). The third-order valence-corrected chi connectivity index (χ3v) is 3.59. The van der Waals surface area contributed by atoms with Crippen molar-refractivity contribution >= 4 is 0 Å². The van der Waals surface area contributed by atoms with Crippen LogP contribution in [0, 0.1) is 5.92 Å². The van der Waals surface area contributed by atoms with Crippen molar-refractivity contribution in [3.05, 3.63) is 48.7 Å². The SMILES string of the molecule is C=CN1CC[C@@H](CNCc2ccccc2)[C@H](O)C1. The average Bonchev–Trinajstić information content (AvgIpc) is 2.42. The van der Waals surface area contributed by atoms with Gasteiger partial charge in [0.1, 0.15) is 0 Å². The fraction of sp³-hybridized carbons (Fsp3) is 0.467. The molecule has 3 heteroatoms. The number of likely N-dealkylation sites (tertiary alicyclic amines) is 1. The molecule has 1 aliphatic heterocycles. The maximum absolute atomic E-state index is 10.0. The summed E-state index contributed by atoms with van der Waals surface area (Å²) in [5.41, 5.74) is 1.29. The van der Waals surface area contributed by atoms with Crippen molar-refractivity contribution in [2.24, 2.45) is 5.92 Å². The van der Waals surface area contributed by atoms with Crippen molar-refractivity contribution in [1.29, 1.82) is 0 Å². The summed E-state index contributed by atoms with van der Waals surface area (Å²) in [5, 5.41) is 13.5. The zero-order valence-electron chi connectivity index (χ0n) is 10.8. The molecule has 2 N–H and O–H groups in total. The smallest absolute Gasteiger partial charge is 0.0755 e. The van der Waals surface area contributed by atoms with Gasteiger partial charge in [-0.3, -0.25) is 0 Å². The molecule has 0 unspecified atom stereocenters. The topological polar surface area (TPSA) is 35.5 Å². The first kappa shape index (κ1) is 13.1. The highest BCUT2D eigenvalue weighted by Crippen LogP contribution is 2.17. The molecule has 98 valence electrons. The first-order valence-corrected chi connectivity index (χ1v) is 6.59. The van der Waals surface area contributed by atoms with Crippen LogP contribution in [0.5, 0.6) is 0 Å². The van der Waals surface area contributed by atoms with Gasteiger partial charge in [-0.25, -0.2) is 0 Å². The van der Waals surface area contributed by atoms with Crippen LogP contribution in [0.4, 0.5) is 0 Å². The van der Waals surface area contributed by atoms with Crippen LogP contribution in [0.1, 0.15) is 12.0 Å². The number of nitrogens with zero attached hydrogens (tertiary/aromatic N) is 1. The Morgan fingerprint density at radius 3 is 2.83 bits per heavy atom. The van der Waals surface area contributed by atoms with Crippen LogP contribution in [-0.2, 0) is 6.54 Å². The molecule has 3 nitrogen and oxygen atoms in total. The van der Waals surface area contributed by atoms with Gasteiger partial charge in [0.15, 0.2) is 0 Å². The molecule has 0 aromatic heterocycles. The summed E-state index contributed by atoms with van der Waals surface area (Å²) in [4.78, 5) is 2.08. The highest BCUT2D eigenvalue weighted by atomic mass is 16.3. The number of nitrogens with one attached hydrogen (secondary N) is 1. The van der Waals surface area contributed by atoms with Gasteiger partial charge in [-0.2, -0.15) is 0 Å². The Morgan fingerprint density at radius 1 is 1.39 bits per heavy atom. The van der Waals surface area contributed by atoms with Crippen LogP contribution >= 0.6 is 0 Å². The lowest BCUT2D eigenvalue weighted by Crippen LogP contribution is -2.44. The molecule has 1 fully saturated rings. The van der Waals surface area contributed by atoms with E-state index in [2.05, 4.69) is 41.1 Å². The van der Waals surface area contributed by atoms with Gasteiger partial charge < -0.3 is 15.3 Å². The summed E-state index contributed by atoms with van der Waals surface area (Å²) >= 11 is 0. The molecular weight excluding hydrogens is 224 g/mol. The second kappa shape index (κ2) is 6.57. The van der Waals surface area contributed by atoms with E-state index < -0.39 is 0 Å². The third-order valence-electron chi connectivity index (χ3n) is 3.59. The van der Waals surface area contributed by atoms with Gasteiger partial charge in [0.05, 0.1) is 6.10 Å². The predicted molar refractivity (Wildman–Crippen MR) is 74.0 cm³/mol. The second-order valence-electron chi connectivity index (χ2n) is 4.91. The molecule has 0 spiro atoms. The van der Waals surface area contributed by atoms with E-state index in [9.17, 15) is 5.11 Å². The van der Waals surface area contributed by atoms with E-state index in [0.29, 0.717) is 12.5 Å². The van der Waals surface area contributed by atoms with Gasteiger partial charge in [0, 0.05) is 32.1 Å². The number of aliphatic hydroxyl groups is 1. The van der Waals surface area contributed by atoms with Crippen molar-refractivity contribution < 1.29 is 5.11 Å². The number of hydrogen-bond acceptors (Lipinski definition) is 3. The number of benzene rings is 1. The number of aliphatic hydroxyl groups excluding tert-OH is 1. The van der Waals surface area contributed by atoms with E-state index in [1.807, 2.05) is 12.3 Å². The van der Waals surface area contributed by atoms with Crippen molar-refractivity contribution in [1.82, 2.24) is 10.2 Å². The monoisotopic (exact) mass is 246 g/mol. The number of piperidine rings is 1.